The zero-order valence-corrected chi connectivity index (χ0v) is 9.19. The zero-order chi connectivity index (χ0) is 11.3. The number of esters is 1. The maximum Gasteiger partial charge on any atom is 0.338 e. The first-order valence-electron chi connectivity index (χ1n) is 5.02. The Morgan fingerprint density at radius 2 is 1.93 bits per heavy atom. The molecule has 0 fully saturated rings. The number of rotatable bonds is 4. The SMILES string of the molecule is C=C(C(=O)OCC(C)C)c1ccccc1. The molecule has 0 aromatic heterocycles. The van der Waals surface area contributed by atoms with E-state index in [2.05, 4.69) is 6.58 Å². The van der Waals surface area contributed by atoms with Crippen molar-refractivity contribution in [3.05, 3.63) is 42.5 Å². The third kappa shape index (κ3) is 3.58. The molecular weight excluding hydrogens is 188 g/mol. The van der Waals surface area contributed by atoms with Gasteiger partial charge < -0.3 is 4.74 Å². The highest BCUT2D eigenvalue weighted by molar-refractivity contribution is 6.15. The van der Waals surface area contributed by atoms with Crippen LogP contribution in [0.15, 0.2) is 36.9 Å². The molecule has 0 heterocycles. The van der Waals surface area contributed by atoms with E-state index in [-0.39, 0.29) is 5.97 Å². The normalized spacial score (nSPS) is 10.1. The van der Waals surface area contributed by atoms with Gasteiger partial charge >= 0.3 is 5.97 Å². The predicted molar refractivity (Wildman–Crippen MR) is 61.3 cm³/mol. The molecule has 0 aliphatic rings. The third-order valence-corrected chi connectivity index (χ3v) is 1.92. The molecule has 0 amide bonds. The molecule has 1 aromatic rings. The van der Waals surface area contributed by atoms with Crippen molar-refractivity contribution in [1.82, 2.24) is 0 Å². The molecule has 2 nitrogen and oxygen atoms in total. The number of benzene rings is 1. The van der Waals surface area contributed by atoms with Crippen LogP contribution in [0, 0.1) is 5.92 Å². The van der Waals surface area contributed by atoms with Gasteiger partial charge in [0.25, 0.3) is 0 Å². The van der Waals surface area contributed by atoms with Gasteiger partial charge in [0, 0.05) is 0 Å². The van der Waals surface area contributed by atoms with E-state index >= 15 is 0 Å². The van der Waals surface area contributed by atoms with Gasteiger partial charge in [-0.15, -0.1) is 0 Å². The van der Waals surface area contributed by atoms with Crippen LogP contribution in [0.1, 0.15) is 19.4 Å². The van der Waals surface area contributed by atoms with Gasteiger partial charge in [0.05, 0.1) is 12.2 Å². The van der Waals surface area contributed by atoms with Crippen molar-refractivity contribution in [3.8, 4) is 0 Å². The number of carbonyl (C=O) groups excluding carboxylic acids is 1. The predicted octanol–water partition coefficient (Wildman–Crippen LogP) is 2.90. The summed E-state index contributed by atoms with van der Waals surface area (Å²) in [5, 5.41) is 0. The topological polar surface area (TPSA) is 26.3 Å². The summed E-state index contributed by atoms with van der Waals surface area (Å²) >= 11 is 0. The molecule has 0 atom stereocenters. The second-order valence-electron chi connectivity index (χ2n) is 3.84. The fourth-order valence-electron chi connectivity index (χ4n) is 1.09. The number of hydrogen-bond donors (Lipinski definition) is 0. The zero-order valence-electron chi connectivity index (χ0n) is 9.19. The van der Waals surface area contributed by atoms with Crippen LogP contribution in [0.3, 0.4) is 0 Å². The molecule has 0 unspecified atom stereocenters. The van der Waals surface area contributed by atoms with Crippen LogP contribution in [0.4, 0.5) is 0 Å². The highest BCUT2D eigenvalue weighted by Gasteiger charge is 2.10. The standard InChI is InChI=1S/C13H16O2/c1-10(2)9-15-13(14)11(3)12-7-5-4-6-8-12/h4-8,10H,3,9H2,1-2H3. The summed E-state index contributed by atoms with van der Waals surface area (Å²) in [5.41, 5.74) is 1.22. The Bertz CT molecular complexity index is 339. The van der Waals surface area contributed by atoms with Gasteiger partial charge in [-0.3, -0.25) is 0 Å². The quantitative estimate of drug-likeness (QED) is 0.557. The van der Waals surface area contributed by atoms with E-state index in [1.54, 1.807) is 0 Å². The molecule has 1 rings (SSSR count). The van der Waals surface area contributed by atoms with E-state index in [1.807, 2.05) is 44.2 Å². The molecular formula is C13H16O2. The molecule has 0 aliphatic carbocycles. The van der Waals surface area contributed by atoms with E-state index in [9.17, 15) is 4.79 Å². The summed E-state index contributed by atoms with van der Waals surface area (Å²) in [7, 11) is 0. The fraction of sp³-hybridized carbons (Fsp3) is 0.308. The molecule has 0 saturated heterocycles. The van der Waals surface area contributed by atoms with Crippen LogP contribution in [0.25, 0.3) is 5.57 Å². The van der Waals surface area contributed by atoms with Crippen molar-refractivity contribution in [2.24, 2.45) is 5.92 Å². The van der Waals surface area contributed by atoms with Crippen LogP contribution >= 0.6 is 0 Å². The molecule has 2 heteroatoms. The first-order chi connectivity index (χ1) is 7.11. The summed E-state index contributed by atoms with van der Waals surface area (Å²) in [6.45, 7) is 8.16. The maximum absolute atomic E-state index is 11.5. The Labute approximate surface area is 90.6 Å². The second-order valence-corrected chi connectivity index (χ2v) is 3.84. The van der Waals surface area contributed by atoms with E-state index in [0.29, 0.717) is 18.1 Å². The summed E-state index contributed by atoms with van der Waals surface area (Å²) in [6.07, 6.45) is 0. The minimum absolute atomic E-state index is 0.338. The molecule has 0 saturated carbocycles. The second kappa shape index (κ2) is 5.35. The van der Waals surface area contributed by atoms with Gasteiger partial charge in [0.15, 0.2) is 0 Å². The van der Waals surface area contributed by atoms with Crippen LogP contribution in [0.2, 0.25) is 0 Å². The summed E-state index contributed by atoms with van der Waals surface area (Å²) in [6, 6.07) is 9.33. The minimum Gasteiger partial charge on any atom is -0.462 e. The van der Waals surface area contributed by atoms with Gasteiger partial charge in [-0.2, -0.15) is 0 Å². The van der Waals surface area contributed by atoms with Gasteiger partial charge in [-0.25, -0.2) is 4.79 Å². The van der Waals surface area contributed by atoms with E-state index < -0.39 is 0 Å². The Balaban J connectivity index is 2.58. The van der Waals surface area contributed by atoms with Crippen LogP contribution in [-0.2, 0) is 9.53 Å². The van der Waals surface area contributed by atoms with Crippen molar-refractivity contribution in [2.75, 3.05) is 6.61 Å². The smallest absolute Gasteiger partial charge is 0.338 e. The van der Waals surface area contributed by atoms with Crippen molar-refractivity contribution in [1.29, 1.82) is 0 Å². The average molecular weight is 204 g/mol. The van der Waals surface area contributed by atoms with Crippen molar-refractivity contribution in [2.45, 2.75) is 13.8 Å². The number of carbonyl (C=O) groups is 1. The third-order valence-electron chi connectivity index (χ3n) is 1.92. The monoisotopic (exact) mass is 204 g/mol. The van der Waals surface area contributed by atoms with Crippen molar-refractivity contribution >= 4 is 11.5 Å². The lowest BCUT2D eigenvalue weighted by molar-refractivity contribution is -0.137. The molecule has 80 valence electrons. The lowest BCUT2D eigenvalue weighted by atomic mass is 10.1. The van der Waals surface area contributed by atoms with Crippen LogP contribution in [-0.4, -0.2) is 12.6 Å². The van der Waals surface area contributed by atoms with Gasteiger partial charge in [0.2, 0.25) is 0 Å². The van der Waals surface area contributed by atoms with Crippen LogP contribution in [0.5, 0.6) is 0 Å². The average Bonchev–Trinajstić information content (AvgIpc) is 2.26. The lowest BCUT2D eigenvalue weighted by Gasteiger charge is -2.08. The lowest BCUT2D eigenvalue weighted by Crippen LogP contribution is -2.10. The Kier molecular flexibility index (Phi) is 4.10. The van der Waals surface area contributed by atoms with Crippen LogP contribution < -0.4 is 0 Å². The largest absolute Gasteiger partial charge is 0.462 e. The van der Waals surface area contributed by atoms with Gasteiger partial charge in [-0.1, -0.05) is 50.8 Å². The number of ether oxygens (including phenoxy) is 1. The molecule has 0 spiro atoms. The molecule has 0 N–H and O–H groups in total. The molecule has 0 radical (unpaired) electrons. The Hall–Kier alpha value is -1.57. The first kappa shape index (κ1) is 11.5. The molecule has 0 aliphatic heterocycles. The Morgan fingerprint density at radius 1 is 1.33 bits per heavy atom. The number of hydrogen-bond acceptors (Lipinski definition) is 2. The summed E-state index contributed by atoms with van der Waals surface area (Å²) in [4.78, 5) is 11.5. The minimum atomic E-state index is -0.338. The van der Waals surface area contributed by atoms with Crippen molar-refractivity contribution in [3.63, 3.8) is 0 Å². The van der Waals surface area contributed by atoms with Crippen molar-refractivity contribution < 1.29 is 9.53 Å². The van der Waals surface area contributed by atoms with E-state index in [0.717, 1.165) is 5.56 Å². The first-order valence-corrected chi connectivity index (χ1v) is 5.02. The van der Waals surface area contributed by atoms with E-state index in [1.165, 1.54) is 0 Å². The summed E-state index contributed by atoms with van der Waals surface area (Å²) < 4.78 is 5.08. The van der Waals surface area contributed by atoms with Gasteiger partial charge in [0.1, 0.15) is 0 Å². The molecule has 0 bridgehead atoms. The fourth-order valence-corrected chi connectivity index (χ4v) is 1.09. The summed E-state index contributed by atoms with van der Waals surface area (Å²) in [5.74, 6) is 0.00687. The van der Waals surface area contributed by atoms with E-state index in [4.69, 9.17) is 4.74 Å². The Morgan fingerprint density at radius 3 is 2.47 bits per heavy atom. The van der Waals surface area contributed by atoms with Gasteiger partial charge in [-0.05, 0) is 11.5 Å². The maximum atomic E-state index is 11.5. The highest BCUT2D eigenvalue weighted by Crippen LogP contribution is 2.13. The molecule has 1 aromatic carbocycles. The molecule has 15 heavy (non-hydrogen) atoms. The highest BCUT2D eigenvalue weighted by atomic mass is 16.5.